The minimum absolute atomic E-state index is 0.150. The number of pyridine rings is 1. The smallest absolute Gasteiger partial charge is 0.396 e. The summed E-state index contributed by atoms with van der Waals surface area (Å²) in [6, 6.07) is 10.2. The molecule has 0 spiro atoms. The Kier molecular flexibility index (Phi) is 9.11. The van der Waals surface area contributed by atoms with Crippen molar-refractivity contribution >= 4 is 11.5 Å². The molecule has 2 aliphatic rings. The Morgan fingerprint density at radius 2 is 1.81 bits per heavy atom. The highest BCUT2D eigenvalue weighted by Crippen LogP contribution is 2.31. The molecule has 4 rings (SSSR count). The Balaban J connectivity index is 1.36. The first-order valence-corrected chi connectivity index (χ1v) is 12.9. The molecule has 0 bridgehead atoms. The zero-order valence-electron chi connectivity index (χ0n) is 20.5. The van der Waals surface area contributed by atoms with Crippen molar-refractivity contribution in [1.82, 2.24) is 10.3 Å². The molecule has 36 heavy (non-hydrogen) atoms. The first-order valence-electron chi connectivity index (χ1n) is 12.9. The van der Waals surface area contributed by atoms with E-state index in [9.17, 15) is 13.2 Å². The van der Waals surface area contributed by atoms with Gasteiger partial charge in [-0.1, -0.05) is 24.7 Å². The number of benzene rings is 1. The van der Waals surface area contributed by atoms with E-state index in [0.717, 1.165) is 55.8 Å². The number of piperidine rings is 1. The third kappa shape index (κ3) is 7.37. The van der Waals surface area contributed by atoms with Gasteiger partial charge in [0, 0.05) is 61.7 Å². The van der Waals surface area contributed by atoms with Gasteiger partial charge in [-0.15, -0.1) is 0 Å². The van der Waals surface area contributed by atoms with Crippen molar-refractivity contribution < 1.29 is 18.3 Å². The van der Waals surface area contributed by atoms with E-state index in [1.807, 2.05) is 12.1 Å². The molecule has 1 aliphatic carbocycles. The third-order valence-electron chi connectivity index (χ3n) is 6.98. The second-order valence-corrected chi connectivity index (χ2v) is 9.70. The molecular weight excluding hydrogens is 465 g/mol. The molecule has 0 unspecified atom stereocenters. The quantitative estimate of drug-likeness (QED) is 0.360. The minimum Gasteiger partial charge on any atom is -0.396 e. The van der Waals surface area contributed by atoms with Crippen molar-refractivity contribution in [2.75, 3.05) is 29.9 Å². The fourth-order valence-corrected chi connectivity index (χ4v) is 5.12. The molecule has 5 nitrogen and oxygen atoms in total. The van der Waals surface area contributed by atoms with Crippen LogP contribution >= 0.6 is 0 Å². The van der Waals surface area contributed by atoms with Crippen molar-refractivity contribution in [2.24, 2.45) is 0 Å². The Morgan fingerprint density at radius 3 is 2.56 bits per heavy atom. The predicted molar refractivity (Wildman–Crippen MR) is 137 cm³/mol. The summed E-state index contributed by atoms with van der Waals surface area (Å²) in [5, 5.41) is 16.4. The van der Waals surface area contributed by atoms with E-state index in [1.54, 1.807) is 18.3 Å². The summed E-state index contributed by atoms with van der Waals surface area (Å²) in [5.41, 5.74) is 1.14. The molecule has 194 valence electrons. The number of unbranched alkanes of at least 4 members (excludes halogenated alkanes) is 1. The summed E-state index contributed by atoms with van der Waals surface area (Å²) >= 11 is 0. The summed E-state index contributed by atoms with van der Waals surface area (Å²) in [5.74, 6) is 7.04. The van der Waals surface area contributed by atoms with E-state index >= 15 is 0 Å². The van der Waals surface area contributed by atoms with E-state index < -0.39 is 11.7 Å². The van der Waals surface area contributed by atoms with E-state index in [-0.39, 0.29) is 18.7 Å². The second kappa shape index (κ2) is 12.5. The Bertz CT molecular complexity index is 1030. The normalized spacial score (nSPS) is 22.6. The fraction of sp³-hybridized carbons (Fsp3) is 0.536. The van der Waals surface area contributed by atoms with Crippen molar-refractivity contribution in [3.05, 3.63) is 53.7 Å². The van der Waals surface area contributed by atoms with Gasteiger partial charge in [-0.3, -0.25) is 0 Å². The minimum atomic E-state index is -4.31. The number of nitrogens with one attached hydrogen (secondary N) is 2. The van der Waals surface area contributed by atoms with Crippen LogP contribution in [-0.4, -0.2) is 47.9 Å². The lowest BCUT2D eigenvalue weighted by Gasteiger charge is -2.40. The summed E-state index contributed by atoms with van der Waals surface area (Å²) in [4.78, 5) is 6.69. The van der Waals surface area contributed by atoms with Crippen LogP contribution in [0.2, 0.25) is 0 Å². The number of halogens is 3. The molecule has 1 saturated heterocycles. The van der Waals surface area contributed by atoms with Crippen LogP contribution < -0.4 is 15.5 Å². The average molecular weight is 501 g/mol. The summed E-state index contributed by atoms with van der Waals surface area (Å²) < 4.78 is 38.8. The maximum Gasteiger partial charge on any atom is 0.416 e. The number of aliphatic hydroxyl groups excluding tert-OH is 1. The number of hydrogen-bond donors (Lipinski definition) is 3. The maximum absolute atomic E-state index is 12.9. The number of rotatable bonds is 7. The first kappa shape index (κ1) is 26.3. The molecule has 1 aliphatic heterocycles. The first-order chi connectivity index (χ1) is 17.4. The molecule has 2 aromatic rings. The van der Waals surface area contributed by atoms with Gasteiger partial charge in [0.1, 0.15) is 5.82 Å². The van der Waals surface area contributed by atoms with E-state index in [0.29, 0.717) is 18.9 Å². The highest BCUT2D eigenvalue weighted by molar-refractivity contribution is 5.49. The van der Waals surface area contributed by atoms with E-state index in [1.165, 1.54) is 25.0 Å². The number of alkyl halides is 3. The number of aromatic nitrogens is 1. The average Bonchev–Trinajstić information content (AvgIpc) is 2.88. The van der Waals surface area contributed by atoms with Gasteiger partial charge in [0.2, 0.25) is 0 Å². The van der Waals surface area contributed by atoms with Crippen LogP contribution in [0.3, 0.4) is 0 Å². The molecule has 1 saturated carbocycles. The van der Waals surface area contributed by atoms with Gasteiger partial charge in [-0.2, -0.15) is 13.2 Å². The molecule has 8 heteroatoms. The van der Waals surface area contributed by atoms with Crippen LogP contribution in [0.25, 0.3) is 0 Å². The van der Waals surface area contributed by atoms with Gasteiger partial charge in [-0.25, -0.2) is 4.98 Å². The molecule has 0 amide bonds. The fourth-order valence-electron chi connectivity index (χ4n) is 5.12. The van der Waals surface area contributed by atoms with Gasteiger partial charge in [0.25, 0.3) is 0 Å². The van der Waals surface area contributed by atoms with Crippen molar-refractivity contribution in [3.63, 3.8) is 0 Å². The van der Waals surface area contributed by atoms with Gasteiger partial charge >= 0.3 is 6.18 Å². The van der Waals surface area contributed by atoms with Crippen molar-refractivity contribution in [3.8, 4) is 11.8 Å². The highest BCUT2D eigenvalue weighted by Gasteiger charge is 2.31. The third-order valence-corrected chi connectivity index (χ3v) is 6.98. The van der Waals surface area contributed by atoms with E-state index in [2.05, 4.69) is 32.4 Å². The number of nitrogens with zero attached hydrogens (tertiary/aromatic N) is 2. The van der Waals surface area contributed by atoms with Crippen LogP contribution in [-0.2, 0) is 6.18 Å². The topological polar surface area (TPSA) is 60.4 Å². The lowest BCUT2D eigenvalue weighted by Crippen LogP contribution is -2.55. The van der Waals surface area contributed by atoms with Crippen LogP contribution in [0.4, 0.5) is 24.7 Å². The maximum atomic E-state index is 12.9. The van der Waals surface area contributed by atoms with Gasteiger partial charge in [0.15, 0.2) is 0 Å². The van der Waals surface area contributed by atoms with Crippen molar-refractivity contribution in [2.45, 2.75) is 75.7 Å². The Hall–Kier alpha value is -2.76. The number of hydrogen-bond acceptors (Lipinski definition) is 5. The lowest BCUT2D eigenvalue weighted by atomic mass is 9.89. The molecular formula is C28H35F3N4O. The standard InChI is InChI=1S/C28H35F3N4O/c29-28(30,31)22-11-13-24(14-12-22)35-17-6-8-23(20-35)33-25-9-3-4-10-26(25)34-27-19-21(15-16-32-27)7-2-1-5-18-36/h11-16,19,23,25-26,33,36H,1,3-6,8-10,17-18,20H2,(H,32,34)/t23-,25+,26+/m0/s1. The second-order valence-electron chi connectivity index (χ2n) is 9.70. The van der Waals surface area contributed by atoms with E-state index in [4.69, 9.17) is 5.11 Å². The molecule has 1 aromatic heterocycles. The lowest BCUT2D eigenvalue weighted by molar-refractivity contribution is -0.137. The van der Waals surface area contributed by atoms with Crippen LogP contribution in [0, 0.1) is 11.8 Å². The van der Waals surface area contributed by atoms with Crippen molar-refractivity contribution in [1.29, 1.82) is 0 Å². The zero-order chi connectivity index (χ0) is 25.4. The van der Waals surface area contributed by atoms with Crippen LogP contribution in [0.5, 0.6) is 0 Å². The highest BCUT2D eigenvalue weighted by atomic mass is 19.4. The summed E-state index contributed by atoms with van der Waals surface area (Å²) in [6.07, 6.45) is 5.34. The Morgan fingerprint density at radius 1 is 1.03 bits per heavy atom. The molecule has 2 heterocycles. The summed E-state index contributed by atoms with van der Waals surface area (Å²) in [6.45, 7) is 1.79. The van der Waals surface area contributed by atoms with Gasteiger partial charge in [0.05, 0.1) is 5.56 Å². The van der Waals surface area contributed by atoms with Gasteiger partial charge < -0.3 is 20.6 Å². The molecule has 1 aromatic carbocycles. The number of anilines is 2. The van der Waals surface area contributed by atoms with Gasteiger partial charge in [-0.05, 0) is 68.5 Å². The molecule has 3 atom stereocenters. The monoisotopic (exact) mass is 500 g/mol. The van der Waals surface area contributed by atoms with Crippen LogP contribution in [0.15, 0.2) is 42.6 Å². The molecule has 3 N–H and O–H groups in total. The molecule has 0 radical (unpaired) electrons. The Labute approximate surface area is 211 Å². The molecule has 2 fully saturated rings. The SMILES string of the molecule is OCCCC#Cc1ccnc(N[C@@H]2CCCC[C@H]2N[C@H]2CCCN(c3ccc(C(F)(F)F)cc3)C2)c1. The number of aliphatic hydroxyl groups is 1. The predicted octanol–water partition coefficient (Wildman–Crippen LogP) is 5.21. The summed E-state index contributed by atoms with van der Waals surface area (Å²) in [7, 11) is 0. The zero-order valence-corrected chi connectivity index (χ0v) is 20.5. The van der Waals surface area contributed by atoms with Crippen LogP contribution in [0.1, 0.15) is 62.5 Å². The largest absolute Gasteiger partial charge is 0.416 e.